The van der Waals surface area contributed by atoms with Gasteiger partial charge in [-0.3, -0.25) is 14.2 Å². The van der Waals surface area contributed by atoms with Crippen LogP contribution in [0.25, 0.3) is 11.3 Å². The number of aromatic nitrogens is 4. The van der Waals surface area contributed by atoms with Crippen molar-refractivity contribution in [3.8, 4) is 17.3 Å². The first kappa shape index (κ1) is 17.9. The van der Waals surface area contributed by atoms with Gasteiger partial charge in [0.2, 0.25) is 0 Å². The van der Waals surface area contributed by atoms with Crippen molar-refractivity contribution in [3.05, 3.63) is 51.9 Å². The van der Waals surface area contributed by atoms with Crippen molar-refractivity contribution in [2.45, 2.75) is 20.4 Å². The van der Waals surface area contributed by atoms with Crippen LogP contribution in [0.15, 0.2) is 35.2 Å². The van der Waals surface area contributed by atoms with E-state index in [1.54, 1.807) is 47.9 Å². The lowest BCUT2D eigenvalue weighted by molar-refractivity contribution is 0.102. The highest BCUT2D eigenvalue weighted by Crippen LogP contribution is 2.28. The maximum absolute atomic E-state index is 12.8. The number of nitriles is 1. The number of aryl methyl sites for hydroxylation is 2. The van der Waals surface area contributed by atoms with Crippen LogP contribution in [0.3, 0.4) is 0 Å². The van der Waals surface area contributed by atoms with E-state index in [2.05, 4.69) is 37.5 Å². The predicted octanol–water partition coefficient (Wildman–Crippen LogP) is 3.50. The summed E-state index contributed by atoms with van der Waals surface area (Å²) in [5.41, 5.74) is 3.60. The van der Waals surface area contributed by atoms with Crippen LogP contribution in [0, 0.1) is 18.3 Å². The fourth-order valence-corrected chi connectivity index (χ4v) is 3.19. The summed E-state index contributed by atoms with van der Waals surface area (Å²) in [6.07, 6.45) is 5.23. The highest BCUT2D eigenvalue weighted by atomic mass is 79.9. The first-order valence-electron chi connectivity index (χ1n) is 8.01. The molecular formula is C18H17BrN6O. The Morgan fingerprint density at radius 2 is 2.15 bits per heavy atom. The largest absolute Gasteiger partial charge is 0.322 e. The molecule has 132 valence electrons. The van der Waals surface area contributed by atoms with E-state index in [1.165, 1.54) is 0 Å². The quantitative estimate of drug-likeness (QED) is 0.709. The molecule has 0 aliphatic rings. The minimum absolute atomic E-state index is 0.285. The highest BCUT2D eigenvalue weighted by molar-refractivity contribution is 9.10. The second-order valence-electron chi connectivity index (χ2n) is 5.81. The second kappa shape index (κ2) is 7.14. The van der Waals surface area contributed by atoms with Gasteiger partial charge in [0.15, 0.2) is 0 Å². The number of carbonyl (C=O) groups excluding carboxylic acids is 1. The molecule has 0 saturated carbocycles. The smallest absolute Gasteiger partial charge is 0.259 e. The maximum atomic E-state index is 12.8. The lowest BCUT2D eigenvalue weighted by atomic mass is 10.1. The van der Waals surface area contributed by atoms with E-state index in [1.807, 2.05) is 13.1 Å². The summed E-state index contributed by atoms with van der Waals surface area (Å²) in [7, 11) is 1.77. The molecule has 1 N–H and O–H groups in total. The number of hydrogen-bond acceptors (Lipinski definition) is 4. The van der Waals surface area contributed by atoms with Crippen LogP contribution in [0.2, 0.25) is 0 Å². The Kier molecular flexibility index (Phi) is 4.91. The lowest BCUT2D eigenvalue weighted by Gasteiger charge is -2.10. The number of carbonyl (C=O) groups is 1. The Balaban J connectivity index is 1.96. The molecule has 0 spiro atoms. The molecule has 8 heteroatoms. The molecule has 2 heterocycles. The minimum atomic E-state index is -0.285. The molecule has 3 rings (SSSR count). The summed E-state index contributed by atoms with van der Waals surface area (Å²) >= 11 is 3.35. The second-order valence-corrected chi connectivity index (χ2v) is 6.66. The van der Waals surface area contributed by atoms with Crippen molar-refractivity contribution in [2.24, 2.45) is 7.05 Å². The van der Waals surface area contributed by atoms with Crippen molar-refractivity contribution in [1.82, 2.24) is 19.6 Å². The summed E-state index contributed by atoms with van der Waals surface area (Å²) in [4.78, 5) is 12.8. The van der Waals surface area contributed by atoms with Crippen molar-refractivity contribution in [2.75, 3.05) is 5.32 Å². The zero-order chi connectivity index (χ0) is 18.8. The summed E-state index contributed by atoms with van der Waals surface area (Å²) in [5.74, 6) is -0.285. The van der Waals surface area contributed by atoms with Gasteiger partial charge in [0.1, 0.15) is 11.8 Å². The van der Waals surface area contributed by atoms with E-state index in [0.29, 0.717) is 32.5 Å². The number of rotatable bonds is 4. The van der Waals surface area contributed by atoms with Gasteiger partial charge >= 0.3 is 0 Å². The van der Waals surface area contributed by atoms with Gasteiger partial charge in [0.05, 0.1) is 17.3 Å². The average Bonchev–Trinajstić information content (AvgIpc) is 3.24. The molecule has 0 bridgehead atoms. The topological polar surface area (TPSA) is 88.5 Å². The molecule has 7 nitrogen and oxygen atoms in total. The predicted molar refractivity (Wildman–Crippen MR) is 102 cm³/mol. The first-order chi connectivity index (χ1) is 12.4. The Hall–Kier alpha value is -2.92. The molecule has 0 radical (unpaired) electrons. The molecule has 0 aliphatic heterocycles. The van der Waals surface area contributed by atoms with E-state index in [-0.39, 0.29) is 5.91 Å². The molecule has 26 heavy (non-hydrogen) atoms. The van der Waals surface area contributed by atoms with Gasteiger partial charge in [0, 0.05) is 41.7 Å². The number of hydrogen-bond donors (Lipinski definition) is 1. The van der Waals surface area contributed by atoms with Gasteiger partial charge in [-0.05, 0) is 47.5 Å². The van der Waals surface area contributed by atoms with E-state index in [4.69, 9.17) is 0 Å². The number of nitrogens with zero attached hydrogens (tertiary/aromatic N) is 5. The summed E-state index contributed by atoms with van der Waals surface area (Å²) < 4.78 is 4.08. The van der Waals surface area contributed by atoms with Crippen LogP contribution < -0.4 is 5.32 Å². The molecule has 1 aromatic carbocycles. The third kappa shape index (κ3) is 3.26. The van der Waals surface area contributed by atoms with Gasteiger partial charge in [-0.25, -0.2) is 0 Å². The van der Waals surface area contributed by atoms with E-state index in [9.17, 15) is 10.1 Å². The number of amides is 1. The molecule has 0 atom stereocenters. The third-order valence-electron chi connectivity index (χ3n) is 4.08. The molecule has 0 unspecified atom stereocenters. The summed E-state index contributed by atoms with van der Waals surface area (Å²) in [6, 6.07) is 5.66. The Morgan fingerprint density at radius 1 is 1.38 bits per heavy atom. The Morgan fingerprint density at radius 3 is 2.81 bits per heavy atom. The molecule has 0 fully saturated rings. The van der Waals surface area contributed by atoms with Crippen LogP contribution in [0.5, 0.6) is 0 Å². The van der Waals surface area contributed by atoms with Crippen molar-refractivity contribution < 1.29 is 4.79 Å². The number of benzene rings is 1. The van der Waals surface area contributed by atoms with E-state index >= 15 is 0 Å². The standard InChI is InChI=1S/C18H17BrN6O/c1-4-25-9-12(8-21-25)17-14(10-24(3)23-17)18(26)22-16-6-5-15(19)13(7-20)11(16)2/h5-6,8-10H,4H2,1-3H3,(H,22,26). The zero-order valence-electron chi connectivity index (χ0n) is 14.6. The lowest BCUT2D eigenvalue weighted by Crippen LogP contribution is -2.13. The highest BCUT2D eigenvalue weighted by Gasteiger charge is 2.20. The van der Waals surface area contributed by atoms with Crippen LogP contribution in [0.4, 0.5) is 5.69 Å². The van der Waals surface area contributed by atoms with E-state index in [0.717, 1.165) is 12.1 Å². The number of nitrogens with one attached hydrogen (secondary N) is 1. The summed E-state index contributed by atoms with van der Waals surface area (Å²) in [5, 5.41) is 20.8. The van der Waals surface area contributed by atoms with Crippen LogP contribution in [-0.4, -0.2) is 25.5 Å². The van der Waals surface area contributed by atoms with Crippen molar-refractivity contribution in [3.63, 3.8) is 0 Å². The van der Waals surface area contributed by atoms with E-state index < -0.39 is 0 Å². The zero-order valence-corrected chi connectivity index (χ0v) is 16.2. The van der Waals surface area contributed by atoms with Crippen LogP contribution >= 0.6 is 15.9 Å². The normalized spacial score (nSPS) is 10.6. The van der Waals surface area contributed by atoms with Crippen LogP contribution in [-0.2, 0) is 13.6 Å². The van der Waals surface area contributed by atoms with Gasteiger partial charge in [-0.1, -0.05) is 0 Å². The SMILES string of the molecule is CCn1cc(-c2nn(C)cc2C(=O)Nc2ccc(Br)c(C#N)c2C)cn1. The fraction of sp³-hybridized carbons (Fsp3) is 0.222. The Labute approximate surface area is 159 Å². The van der Waals surface area contributed by atoms with Crippen molar-refractivity contribution >= 4 is 27.5 Å². The van der Waals surface area contributed by atoms with Gasteiger partial charge in [-0.15, -0.1) is 0 Å². The molecule has 2 aromatic heterocycles. The van der Waals surface area contributed by atoms with Crippen molar-refractivity contribution in [1.29, 1.82) is 5.26 Å². The number of anilines is 1. The fourth-order valence-electron chi connectivity index (χ4n) is 2.67. The minimum Gasteiger partial charge on any atom is -0.322 e. The van der Waals surface area contributed by atoms with Gasteiger partial charge in [-0.2, -0.15) is 15.5 Å². The molecule has 0 aliphatic carbocycles. The first-order valence-corrected chi connectivity index (χ1v) is 8.81. The third-order valence-corrected chi connectivity index (χ3v) is 4.74. The van der Waals surface area contributed by atoms with Gasteiger partial charge < -0.3 is 5.32 Å². The average molecular weight is 413 g/mol. The molecule has 3 aromatic rings. The Bertz CT molecular complexity index is 1030. The van der Waals surface area contributed by atoms with Crippen LogP contribution in [0.1, 0.15) is 28.4 Å². The molecule has 1 amide bonds. The molecular weight excluding hydrogens is 396 g/mol. The summed E-state index contributed by atoms with van der Waals surface area (Å²) in [6.45, 7) is 4.53. The molecule has 0 saturated heterocycles. The maximum Gasteiger partial charge on any atom is 0.259 e. The monoisotopic (exact) mass is 412 g/mol. The number of halogens is 1. The van der Waals surface area contributed by atoms with Gasteiger partial charge in [0.25, 0.3) is 5.91 Å².